The lowest BCUT2D eigenvalue weighted by atomic mass is 10.1. The maximum absolute atomic E-state index is 11.4. The minimum atomic E-state index is -0.490. The van der Waals surface area contributed by atoms with E-state index in [-0.39, 0.29) is 12.4 Å². The lowest BCUT2D eigenvalue weighted by molar-refractivity contribution is -0.139. The van der Waals surface area contributed by atoms with E-state index in [1.165, 1.54) is 14.2 Å². The van der Waals surface area contributed by atoms with E-state index in [4.69, 9.17) is 5.73 Å². The molecule has 0 aliphatic carbocycles. The quantitative estimate of drug-likeness (QED) is 0.648. The van der Waals surface area contributed by atoms with Gasteiger partial charge in [0.1, 0.15) is 0 Å². The number of methoxy groups -OCH3 is 2. The number of hydrogen-bond donors (Lipinski definition) is 1. The van der Waals surface area contributed by atoms with Gasteiger partial charge >= 0.3 is 11.9 Å². The molecule has 1 aromatic rings. The molecular formula is C13H15NO4. The molecule has 0 heterocycles. The van der Waals surface area contributed by atoms with Gasteiger partial charge in [-0.15, -0.1) is 0 Å². The predicted molar refractivity (Wildman–Crippen MR) is 67.9 cm³/mol. The zero-order chi connectivity index (χ0) is 13.5. The Morgan fingerprint density at radius 2 is 2.00 bits per heavy atom. The van der Waals surface area contributed by atoms with Gasteiger partial charge in [-0.1, -0.05) is 24.3 Å². The average molecular weight is 249 g/mol. The summed E-state index contributed by atoms with van der Waals surface area (Å²) in [7, 11) is 2.62. The average Bonchev–Trinajstić information content (AvgIpc) is 2.39. The molecular weight excluding hydrogens is 234 g/mol. The maximum Gasteiger partial charge on any atom is 0.339 e. The second kappa shape index (κ2) is 6.44. The Kier molecular flexibility index (Phi) is 4.92. The normalized spacial score (nSPS) is 10.3. The molecule has 0 amide bonds. The smallest absolute Gasteiger partial charge is 0.339 e. The molecule has 5 heteroatoms. The second-order valence-electron chi connectivity index (χ2n) is 3.48. The Morgan fingerprint density at radius 3 is 2.61 bits per heavy atom. The van der Waals surface area contributed by atoms with Crippen LogP contribution < -0.4 is 5.73 Å². The highest BCUT2D eigenvalue weighted by molar-refractivity contribution is 5.97. The largest absolute Gasteiger partial charge is 0.469 e. The van der Waals surface area contributed by atoms with Crippen LogP contribution in [0.2, 0.25) is 0 Å². The van der Waals surface area contributed by atoms with Crippen molar-refractivity contribution in [3.8, 4) is 0 Å². The zero-order valence-corrected chi connectivity index (χ0v) is 10.3. The molecule has 1 rings (SSSR count). The van der Waals surface area contributed by atoms with Gasteiger partial charge in [-0.3, -0.25) is 4.79 Å². The molecule has 0 spiro atoms. The number of esters is 2. The number of anilines is 1. The molecule has 0 atom stereocenters. The van der Waals surface area contributed by atoms with Gasteiger partial charge in [0, 0.05) is 0 Å². The molecule has 96 valence electrons. The van der Waals surface area contributed by atoms with E-state index in [9.17, 15) is 9.59 Å². The molecule has 0 aliphatic rings. The zero-order valence-electron chi connectivity index (χ0n) is 10.3. The minimum absolute atomic E-state index is 0.151. The first-order valence-electron chi connectivity index (χ1n) is 5.30. The predicted octanol–water partition coefficient (Wildman–Crippen LogP) is 1.63. The van der Waals surface area contributed by atoms with Crippen LogP contribution in [0.25, 0.3) is 6.08 Å². The number of hydrogen-bond acceptors (Lipinski definition) is 5. The first-order valence-corrected chi connectivity index (χ1v) is 5.30. The third kappa shape index (κ3) is 3.35. The summed E-state index contributed by atoms with van der Waals surface area (Å²) in [6.45, 7) is 0. The van der Waals surface area contributed by atoms with E-state index < -0.39 is 5.97 Å². The highest BCUT2D eigenvalue weighted by Gasteiger charge is 2.11. The monoisotopic (exact) mass is 249 g/mol. The van der Waals surface area contributed by atoms with E-state index in [1.54, 1.807) is 30.4 Å². The molecule has 1 aromatic carbocycles. The van der Waals surface area contributed by atoms with Gasteiger partial charge in [0.15, 0.2) is 0 Å². The minimum Gasteiger partial charge on any atom is -0.469 e. The Bertz CT molecular complexity index is 480. The summed E-state index contributed by atoms with van der Waals surface area (Å²) in [6.07, 6.45) is 3.44. The van der Waals surface area contributed by atoms with E-state index in [1.807, 2.05) is 0 Å². The molecule has 0 saturated carbocycles. The Morgan fingerprint density at radius 1 is 1.28 bits per heavy atom. The fourth-order valence-corrected chi connectivity index (χ4v) is 1.38. The van der Waals surface area contributed by atoms with Gasteiger partial charge in [0.2, 0.25) is 0 Å². The van der Waals surface area contributed by atoms with E-state index >= 15 is 0 Å². The van der Waals surface area contributed by atoms with Crippen molar-refractivity contribution in [3.63, 3.8) is 0 Å². The van der Waals surface area contributed by atoms with Crippen LogP contribution in [-0.4, -0.2) is 26.2 Å². The first kappa shape index (κ1) is 13.8. The summed E-state index contributed by atoms with van der Waals surface area (Å²) in [5, 5.41) is 0. The highest BCUT2D eigenvalue weighted by Crippen LogP contribution is 2.19. The Hall–Kier alpha value is -2.30. The molecule has 0 saturated heterocycles. The topological polar surface area (TPSA) is 78.6 Å². The number of benzene rings is 1. The molecule has 0 unspecified atom stereocenters. The van der Waals surface area contributed by atoms with Gasteiger partial charge < -0.3 is 15.2 Å². The van der Waals surface area contributed by atoms with Crippen molar-refractivity contribution in [3.05, 3.63) is 35.4 Å². The van der Waals surface area contributed by atoms with Gasteiger partial charge in [-0.05, 0) is 11.6 Å². The number of nitrogens with two attached hydrogens (primary N) is 1. The molecule has 0 aliphatic heterocycles. The fourth-order valence-electron chi connectivity index (χ4n) is 1.38. The van der Waals surface area contributed by atoms with Crippen LogP contribution in [0.4, 0.5) is 5.69 Å². The van der Waals surface area contributed by atoms with Crippen LogP contribution in [0.15, 0.2) is 24.3 Å². The van der Waals surface area contributed by atoms with Crippen molar-refractivity contribution in [2.75, 3.05) is 20.0 Å². The van der Waals surface area contributed by atoms with Crippen LogP contribution >= 0.6 is 0 Å². The summed E-state index contributed by atoms with van der Waals surface area (Å²) < 4.78 is 9.12. The van der Waals surface area contributed by atoms with Crippen molar-refractivity contribution in [2.24, 2.45) is 0 Å². The lowest BCUT2D eigenvalue weighted by Gasteiger charge is -2.06. The van der Waals surface area contributed by atoms with E-state index in [0.29, 0.717) is 16.8 Å². The molecule has 0 bridgehead atoms. The van der Waals surface area contributed by atoms with E-state index in [0.717, 1.165) is 0 Å². The second-order valence-corrected chi connectivity index (χ2v) is 3.48. The SMILES string of the molecule is COC(=O)CC=Cc1cccc(C(=O)OC)c1N. The number of carbonyl (C=O) groups is 2. The number of nitrogen functional groups attached to an aromatic ring is 1. The molecule has 0 fully saturated rings. The van der Waals surface area contributed by atoms with Crippen molar-refractivity contribution >= 4 is 23.7 Å². The molecule has 5 nitrogen and oxygen atoms in total. The summed E-state index contributed by atoms with van der Waals surface area (Å²) in [4.78, 5) is 22.3. The summed E-state index contributed by atoms with van der Waals surface area (Å²) in [5.41, 5.74) is 7.12. The summed E-state index contributed by atoms with van der Waals surface area (Å²) >= 11 is 0. The van der Waals surface area contributed by atoms with E-state index in [2.05, 4.69) is 9.47 Å². The van der Waals surface area contributed by atoms with Crippen molar-refractivity contribution in [2.45, 2.75) is 6.42 Å². The third-order valence-corrected chi connectivity index (χ3v) is 2.35. The van der Waals surface area contributed by atoms with Gasteiger partial charge in [-0.2, -0.15) is 0 Å². The van der Waals surface area contributed by atoms with Gasteiger partial charge in [0.05, 0.1) is 31.9 Å². The maximum atomic E-state index is 11.4. The number of para-hydroxylation sites is 1. The van der Waals surface area contributed by atoms with Crippen LogP contribution in [-0.2, 0) is 14.3 Å². The van der Waals surface area contributed by atoms with Crippen molar-refractivity contribution < 1.29 is 19.1 Å². The molecule has 18 heavy (non-hydrogen) atoms. The van der Waals surface area contributed by atoms with Crippen LogP contribution in [0.5, 0.6) is 0 Å². The number of carbonyl (C=O) groups excluding carboxylic acids is 2. The standard InChI is InChI=1S/C13H15NO4/c1-17-11(15)8-4-6-9-5-3-7-10(12(9)14)13(16)18-2/h3-7H,8,14H2,1-2H3. The van der Waals surface area contributed by atoms with Gasteiger partial charge in [-0.25, -0.2) is 4.79 Å². The summed E-state index contributed by atoms with van der Waals surface area (Å²) in [6, 6.07) is 5.02. The van der Waals surface area contributed by atoms with Gasteiger partial charge in [0.25, 0.3) is 0 Å². The summed E-state index contributed by atoms with van der Waals surface area (Å²) in [5.74, 6) is -0.829. The Balaban J connectivity index is 2.90. The van der Waals surface area contributed by atoms with Crippen molar-refractivity contribution in [1.29, 1.82) is 0 Å². The van der Waals surface area contributed by atoms with Crippen LogP contribution in [0, 0.1) is 0 Å². The third-order valence-electron chi connectivity index (χ3n) is 2.35. The Labute approximate surface area is 105 Å². The number of ether oxygens (including phenoxy) is 2. The molecule has 2 N–H and O–H groups in total. The van der Waals surface area contributed by atoms with Crippen LogP contribution in [0.1, 0.15) is 22.3 Å². The molecule has 0 aromatic heterocycles. The lowest BCUT2D eigenvalue weighted by Crippen LogP contribution is -2.06. The fraction of sp³-hybridized carbons (Fsp3) is 0.231. The van der Waals surface area contributed by atoms with Crippen LogP contribution in [0.3, 0.4) is 0 Å². The molecule has 0 radical (unpaired) electrons. The highest BCUT2D eigenvalue weighted by atomic mass is 16.5. The number of rotatable bonds is 4. The van der Waals surface area contributed by atoms with Crippen molar-refractivity contribution in [1.82, 2.24) is 0 Å². The first-order chi connectivity index (χ1) is 8.60.